The summed E-state index contributed by atoms with van der Waals surface area (Å²) in [6.07, 6.45) is 1.67. The number of carboxylic acid groups (broad SMARTS) is 2. The van der Waals surface area contributed by atoms with Crippen molar-refractivity contribution in [3.05, 3.63) is 97.1 Å². The van der Waals surface area contributed by atoms with Crippen LogP contribution < -0.4 is 0 Å². The molecule has 0 radical (unpaired) electrons. The molecule has 2 rings (SSSR count). The fraction of sp³-hybridized carbons (Fsp3) is 0. The Bertz CT molecular complexity index is 616. The molecular weight excluding hydrogens is 308 g/mol. The number of aliphatic carboxylic acids is 2. The SMILES string of the molecule is C=CC(=O)O.C=CC(=O)O.O=C(c1ccccc1)c1ccccc1. The minimum Gasteiger partial charge on any atom is -0.478 e. The van der Waals surface area contributed by atoms with Crippen LogP contribution in [0.1, 0.15) is 15.9 Å². The number of benzene rings is 2. The van der Waals surface area contributed by atoms with Crippen molar-refractivity contribution in [2.24, 2.45) is 0 Å². The molecular formula is C19H18O5. The maximum absolute atomic E-state index is 11.8. The van der Waals surface area contributed by atoms with Crippen LogP contribution in [0.3, 0.4) is 0 Å². The van der Waals surface area contributed by atoms with Gasteiger partial charge >= 0.3 is 11.9 Å². The molecule has 0 aromatic heterocycles. The summed E-state index contributed by atoms with van der Waals surface area (Å²) in [5.41, 5.74) is 1.47. The molecule has 24 heavy (non-hydrogen) atoms. The first-order valence-corrected chi connectivity index (χ1v) is 6.77. The molecule has 0 fully saturated rings. The molecule has 0 atom stereocenters. The molecule has 0 saturated heterocycles. The third-order valence-corrected chi connectivity index (χ3v) is 2.42. The van der Waals surface area contributed by atoms with E-state index in [2.05, 4.69) is 13.2 Å². The number of hydrogen-bond donors (Lipinski definition) is 2. The lowest BCUT2D eigenvalue weighted by Gasteiger charge is -1.99. The Kier molecular flexibility index (Phi) is 10.4. The minimum atomic E-state index is -0.981. The first kappa shape index (κ1) is 20.5. The zero-order valence-electron chi connectivity index (χ0n) is 13.0. The molecule has 0 saturated carbocycles. The fourth-order valence-corrected chi connectivity index (χ4v) is 1.35. The second kappa shape index (κ2) is 12.1. The minimum absolute atomic E-state index is 0.0752. The molecule has 0 unspecified atom stereocenters. The van der Waals surface area contributed by atoms with Gasteiger partial charge in [0, 0.05) is 23.3 Å². The van der Waals surface area contributed by atoms with E-state index in [1.54, 1.807) is 0 Å². The Morgan fingerprint density at radius 1 is 0.667 bits per heavy atom. The van der Waals surface area contributed by atoms with Crippen molar-refractivity contribution < 1.29 is 24.6 Å². The summed E-state index contributed by atoms with van der Waals surface area (Å²) in [4.78, 5) is 30.3. The lowest BCUT2D eigenvalue weighted by molar-refractivity contribution is -0.132. The molecule has 2 aromatic carbocycles. The number of carbonyl (C=O) groups excluding carboxylic acids is 1. The molecule has 0 bridgehead atoms. The van der Waals surface area contributed by atoms with Crippen LogP contribution in [0.5, 0.6) is 0 Å². The summed E-state index contributed by atoms with van der Waals surface area (Å²) in [6, 6.07) is 18.6. The van der Waals surface area contributed by atoms with E-state index in [9.17, 15) is 14.4 Å². The first-order valence-electron chi connectivity index (χ1n) is 6.77. The van der Waals surface area contributed by atoms with Gasteiger partial charge in [0.1, 0.15) is 0 Å². The van der Waals surface area contributed by atoms with Gasteiger partial charge < -0.3 is 10.2 Å². The zero-order valence-corrected chi connectivity index (χ0v) is 13.0. The lowest BCUT2D eigenvalue weighted by Crippen LogP contribution is -1.99. The standard InChI is InChI=1S/C13H10O.2C3H4O2/c14-13(11-7-3-1-4-8-11)12-9-5-2-6-10-12;2*1-2-3(4)5/h1-10H;2*2H,1H2,(H,4,5). The number of carbonyl (C=O) groups is 3. The van der Waals surface area contributed by atoms with Gasteiger partial charge in [-0.25, -0.2) is 9.59 Å². The Balaban J connectivity index is 0.000000442. The smallest absolute Gasteiger partial charge is 0.327 e. The molecule has 0 aliphatic carbocycles. The van der Waals surface area contributed by atoms with Gasteiger partial charge in [-0.3, -0.25) is 4.79 Å². The van der Waals surface area contributed by atoms with Gasteiger partial charge in [-0.2, -0.15) is 0 Å². The molecule has 2 N–H and O–H groups in total. The largest absolute Gasteiger partial charge is 0.478 e. The van der Waals surface area contributed by atoms with Crippen molar-refractivity contribution in [3.8, 4) is 0 Å². The van der Waals surface area contributed by atoms with Gasteiger partial charge in [-0.15, -0.1) is 0 Å². The van der Waals surface area contributed by atoms with Crippen molar-refractivity contribution in [1.82, 2.24) is 0 Å². The molecule has 0 spiro atoms. The van der Waals surface area contributed by atoms with Crippen LogP contribution in [0.2, 0.25) is 0 Å². The van der Waals surface area contributed by atoms with E-state index in [0.717, 1.165) is 23.3 Å². The van der Waals surface area contributed by atoms with Crippen molar-refractivity contribution in [1.29, 1.82) is 0 Å². The van der Waals surface area contributed by atoms with Gasteiger partial charge in [0.25, 0.3) is 0 Å². The Morgan fingerprint density at radius 3 is 1.12 bits per heavy atom. The van der Waals surface area contributed by atoms with Gasteiger partial charge in [0.05, 0.1) is 0 Å². The molecule has 124 valence electrons. The van der Waals surface area contributed by atoms with E-state index in [1.165, 1.54) is 0 Å². The number of hydrogen-bond acceptors (Lipinski definition) is 3. The van der Waals surface area contributed by atoms with Crippen LogP contribution in [0.25, 0.3) is 0 Å². The van der Waals surface area contributed by atoms with E-state index in [0.29, 0.717) is 0 Å². The van der Waals surface area contributed by atoms with Crippen molar-refractivity contribution in [2.75, 3.05) is 0 Å². The maximum atomic E-state index is 11.8. The van der Waals surface area contributed by atoms with Crippen LogP contribution in [0.4, 0.5) is 0 Å². The first-order chi connectivity index (χ1) is 11.4. The molecule has 5 heteroatoms. The summed E-state index contributed by atoms with van der Waals surface area (Å²) in [7, 11) is 0. The van der Waals surface area contributed by atoms with Crippen molar-refractivity contribution in [3.63, 3.8) is 0 Å². The highest BCUT2D eigenvalue weighted by atomic mass is 16.4. The fourth-order valence-electron chi connectivity index (χ4n) is 1.35. The predicted octanol–water partition coefficient (Wildman–Crippen LogP) is 3.43. The van der Waals surface area contributed by atoms with Gasteiger partial charge in [0.2, 0.25) is 0 Å². The molecule has 2 aromatic rings. The second-order valence-corrected chi connectivity index (χ2v) is 4.15. The van der Waals surface area contributed by atoms with E-state index < -0.39 is 11.9 Å². The normalized spacial score (nSPS) is 8.33. The molecule has 0 aliphatic heterocycles. The third-order valence-electron chi connectivity index (χ3n) is 2.42. The molecule has 5 nitrogen and oxygen atoms in total. The van der Waals surface area contributed by atoms with Crippen LogP contribution in [0, 0.1) is 0 Å². The molecule has 0 aliphatic rings. The van der Waals surface area contributed by atoms with Gasteiger partial charge in [0.15, 0.2) is 5.78 Å². The van der Waals surface area contributed by atoms with Crippen molar-refractivity contribution in [2.45, 2.75) is 0 Å². The van der Waals surface area contributed by atoms with Gasteiger partial charge in [-0.1, -0.05) is 73.8 Å². The maximum Gasteiger partial charge on any atom is 0.327 e. The number of ketones is 1. The second-order valence-electron chi connectivity index (χ2n) is 4.15. The topological polar surface area (TPSA) is 91.7 Å². The molecule has 0 heterocycles. The van der Waals surface area contributed by atoms with Crippen molar-refractivity contribution >= 4 is 17.7 Å². The highest BCUT2D eigenvalue weighted by Gasteiger charge is 2.06. The zero-order chi connectivity index (χ0) is 18.4. The van der Waals surface area contributed by atoms with Crippen LogP contribution in [-0.4, -0.2) is 27.9 Å². The van der Waals surface area contributed by atoms with Gasteiger partial charge in [-0.05, 0) is 0 Å². The lowest BCUT2D eigenvalue weighted by atomic mass is 10.0. The predicted molar refractivity (Wildman–Crippen MR) is 92.0 cm³/mol. The molecule has 0 amide bonds. The van der Waals surface area contributed by atoms with Crippen LogP contribution >= 0.6 is 0 Å². The number of rotatable bonds is 4. The summed E-state index contributed by atoms with van der Waals surface area (Å²) < 4.78 is 0. The average molecular weight is 326 g/mol. The monoisotopic (exact) mass is 326 g/mol. The van der Waals surface area contributed by atoms with E-state index in [4.69, 9.17) is 10.2 Å². The average Bonchev–Trinajstić information content (AvgIpc) is 2.63. The highest BCUT2D eigenvalue weighted by Crippen LogP contribution is 2.08. The summed E-state index contributed by atoms with van der Waals surface area (Å²) in [5.74, 6) is -1.89. The summed E-state index contributed by atoms with van der Waals surface area (Å²) >= 11 is 0. The number of carboxylic acids is 2. The Morgan fingerprint density at radius 2 is 0.917 bits per heavy atom. The Hall–Kier alpha value is -3.47. The summed E-state index contributed by atoms with van der Waals surface area (Å²) in [6.45, 7) is 5.92. The quantitative estimate of drug-likeness (QED) is 0.663. The Labute approximate surface area is 140 Å². The highest BCUT2D eigenvalue weighted by molar-refractivity contribution is 6.08. The summed E-state index contributed by atoms with van der Waals surface area (Å²) in [5, 5.41) is 15.2. The van der Waals surface area contributed by atoms with E-state index in [1.807, 2.05) is 60.7 Å². The van der Waals surface area contributed by atoms with E-state index in [-0.39, 0.29) is 5.78 Å². The van der Waals surface area contributed by atoms with Crippen LogP contribution in [-0.2, 0) is 9.59 Å². The van der Waals surface area contributed by atoms with E-state index >= 15 is 0 Å². The third kappa shape index (κ3) is 9.46. The van der Waals surface area contributed by atoms with Crippen LogP contribution in [0.15, 0.2) is 86.0 Å².